The van der Waals surface area contributed by atoms with Crippen molar-refractivity contribution in [1.29, 1.82) is 0 Å². The summed E-state index contributed by atoms with van der Waals surface area (Å²) < 4.78 is 5.23. The molecule has 1 aliphatic heterocycles. The first kappa shape index (κ1) is 13.4. The summed E-state index contributed by atoms with van der Waals surface area (Å²) in [6.45, 7) is 8.31. The van der Waals surface area contributed by atoms with Crippen LogP contribution in [0.15, 0.2) is 18.2 Å². The zero-order chi connectivity index (χ0) is 13.0. The Morgan fingerprint density at radius 1 is 1.39 bits per heavy atom. The molecule has 18 heavy (non-hydrogen) atoms. The average molecular weight is 248 g/mol. The van der Waals surface area contributed by atoms with Gasteiger partial charge in [-0.1, -0.05) is 12.1 Å². The smallest absolute Gasteiger partial charge is 0.0637 e. The first-order chi connectivity index (χ1) is 8.74. The van der Waals surface area contributed by atoms with Gasteiger partial charge in [-0.25, -0.2) is 0 Å². The van der Waals surface area contributed by atoms with E-state index in [-0.39, 0.29) is 0 Å². The zero-order valence-electron chi connectivity index (χ0n) is 11.7. The maximum absolute atomic E-state index is 5.23. The third-order valence-corrected chi connectivity index (χ3v) is 3.58. The van der Waals surface area contributed by atoms with Gasteiger partial charge in [0.05, 0.1) is 6.61 Å². The van der Waals surface area contributed by atoms with E-state index in [9.17, 15) is 0 Å². The van der Waals surface area contributed by atoms with Crippen LogP contribution in [0.2, 0.25) is 0 Å². The minimum Gasteiger partial charge on any atom is -0.383 e. The van der Waals surface area contributed by atoms with E-state index in [1.54, 1.807) is 7.11 Å². The Kier molecular flexibility index (Phi) is 4.61. The summed E-state index contributed by atoms with van der Waals surface area (Å²) in [5.41, 5.74) is 4.35. The van der Waals surface area contributed by atoms with Crippen molar-refractivity contribution in [3.05, 3.63) is 29.3 Å². The standard InChI is InChI=1S/C15H24N2O/c1-12(2)17(9-10-18-3)15-6-4-5-13-11-16-8-7-14(13)15/h4-6,12,16H,7-11H2,1-3H3. The van der Waals surface area contributed by atoms with Crippen molar-refractivity contribution in [2.45, 2.75) is 32.9 Å². The second-order valence-corrected chi connectivity index (χ2v) is 5.12. The highest BCUT2D eigenvalue weighted by Crippen LogP contribution is 2.27. The molecule has 0 aromatic heterocycles. The van der Waals surface area contributed by atoms with Gasteiger partial charge in [0.25, 0.3) is 0 Å². The van der Waals surface area contributed by atoms with Gasteiger partial charge in [0.2, 0.25) is 0 Å². The fourth-order valence-corrected chi connectivity index (χ4v) is 2.63. The monoisotopic (exact) mass is 248 g/mol. The molecule has 0 aliphatic carbocycles. The van der Waals surface area contributed by atoms with Crippen LogP contribution in [0.3, 0.4) is 0 Å². The third kappa shape index (κ3) is 2.85. The molecule has 0 unspecified atom stereocenters. The molecule has 0 radical (unpaired) electrons. The fourth-order valence-electron chi connectivity index (χ4n) is 2.63. The lowest BCUT2D eigenvalue weighted by Gasteiger charge is -2.33. The predicted molar refractivity (Wildman–Crippen MR) is 76.2 cm³/mol. The number of benzene rings is 1. The predicted octanol–water partition coefficient (Wildman–Crippen LogP) is 2.19. The lowest BCUT2D eigenvalue weighted by atomic mass is 9.98. The van der Waals surface area contributed by atoms with Crippen molar-refractivity contribution < 1.29 is 4.74 Å². The lowest BCUT2D eigenvalue weighted by Crippen LogP contribution is -2.36. The molecule has 1 heterocycles. The van der Waals surface area contributed by atoms with E-state index >= 15 is 0 Å². The fraction of sp³-hybridized carbons (Fsp3) is 0.600. The SMILES string of the molecule is COCCN(c1cccc2c1CCNC2)C(C)C. The Hall–Kier alpha value is -1.06. The van der Waals surface area contributed by atoms with E-state index in [0.717, 1.165) is 32.7 Å². The number of rotatable bonds is 5. The second-order valence-electron chi connectivity index (χ2n) is 5.12. The quantitative estimate of drug-likeness (QED) is 0.864. The molecule has 1 aromatic carbocycles. The molecular weight excluding hydrogens is 224 g/mol. The topological polar surface area (TPSA) is 24.5 Å². The Labute approximate surface area is 110 Å². The van der Waals surface area contributed by atoms with Crippen LogP contribution in [0.1, 0.15) is 25.0 Å². The summed E-state index contributed by atoms with van der Waals surface area (Å²) in [5, 5.41) is 3.44. The number of hydrogen-bond acceptors (Lipinski definition) is 3. The Bertz CT molecular complexity index is 390. The normalized spacial score (nSPS) is 14.7. The van der Waals surface area contributed by atoms with E-state index in [0.29, 0.717) is 6.04 Å². The summed E-state index contributed by atoms with van der Waals surface area (Å²) >= 11 is 0. The summed E-state index contributed by atoms with van der Waals surface area (Å²) in [6.07, 6.45) is 1.13. The van der Waals surface area contributed by atoms with Gasteiger partial charge < -0.3 is 15.0 Å². The van der Waals surface area contributed by atoms with Gasteiger partial charge in [0.15, 0.2) is 0 Å². The number of nitrogens with zero attached hydrogens (tertiary/aromatic N) is 1. The molecule has 3 nitrogen and oxygen atoms in total. The number of methoxy groups -OCH3 is 1. The molecule has 1 aromatic rings. The molecule has 0 bridgehead atoms. The second kappa shape index (κ2) is 6.21. The van der Waals surface area contributed by atoms with Crippen molar-refractivity contribution in [1.82, 2.24) is 5.32 Å². The molecular formula is C15H24N2O. The molecule has 1 N–H and O–H groups in total. The van der Waals surface area contributed by atoms with Crippen LogP contribution in [0.4, 0.5) is 5.69 Å². The van der Waals surface area contributed by atoms with Gasteiger partial charge in [-0.3, -0.25) is 0 Å². The number of nitrogens with one attached hydrogen (secondary N) is 1. The molecule has 1 aliphatic rings. The first-order valence-corrected chi connectivity index (χ1v) is 6.81. The van der Waals surface area contributed by atoms with Crippen molar-refractivity contribution in [2.75, 3.05) is 31.7 Å². The average Bonchev–Trinajstić information content (AvgIpc) is 2.39. The van der Waals surface area contributed by atoms with Crippen LogP contribution in [0.5, 0.6) is 0 Å². The molecule has 0 amide bonds. The third-order valence-electron chi connectivity index (χ3n) is 3.58. The van der Waals surface area contributed by atoms with Crippen LogP contribution >= 0.6 is 0 Å². The van der Waals surface area contributed by atoms with Crippen molar-refractivity contribution in [3.8, 4) is 0 Å². The molecule has 0 atom stereocenters. The number of hydrogen-bond donors (Lipinski definition) is 1. The highest BCUT2D eigenvalue weighted by Gasteiger charge is 2.18. The molecule has 0 saturated heterocycles. The molecule has 100 valence electrons. The summed E-state index contributed by atoms with van der Waals surface area (Å²) in [5.74, 6) is 0. The van der Waals surface area contributed by atoms with Gasteiger partial charge >= 0.3 is 0 Å². The minimum absolute atomic E-state index is 0.501. The molecule has 0 saturated carbocycles. The molecule has 2 rings (SSSR count). The summed E-state index contributed by atoms with van der Waals surface area (Å²) in [4.78, 5) is 2.45. The van der Waals surface area contributed by atoms with Gasteiger partial charge in [-0.05, 0) is 44.0 Å². The largest absolute Gasteiger partial charge is 0.383 e. The van der Waals surface area contributed by atoms with Gasteiger partial charge in [-0.15, -0.1) is 0 Å². The van der Waals surface area contributed by atoms with E-state index < -0.39 is 0 Å². The van der Waals surface area contributed by atoms with Crippen LogP contribution in [-0.4, -0.2) is 32.8 Å². The van der Waals surface area contributed by atoms with Crippen LogP contribution in [0.25, 0.3) is 0 Å². The number of anilines is 1. The van der Waals surface area contributed by atoms with Gasteiger partial charge in [-0.2, -0.15) is 0 Å². The zero-order valence-corrected chi connectivity index (χ0v) is 11.7. The molecule has 0 fully saturated rings. The van der Waals surface area contributed by atoms with E-state index in [2.05, 4.69) is 42.3 Å². The maximum atomic E-state index is 5.23. The Morgan fingerprint density at radius 3 is 2.94 bits per heavy atom. The van der Waals surface area contributed by atoms with Gasteiger partial charge in [0, 0.05) is 31.9 Å². The molecule has 0 spiro atoms. The van der Waals surface area contributed by atoms with Crippen LogP contribution in [-0.2, 0) is 17.7 Å². The molecule has 3 heteroatoms. The Balaban J connectivity index is 2.29. The Morgan fingerprint density at radius 2 is 2.22 bits per heavy atom. The highest BCUT2D eigenvalue weighted by molar-refractivity contribution is 5.58. The van der Waals surface area contributed by atoms with E-state index in [1.165, 1.54) is 16.8 Å². The summed E-state index contributed by atoms with van der Waals surface area (Å²) in [7, 11) is 1.77. The lowest BCUT2D eigenvalue weighted by molar-refractivity contribution is 0.203. The van der Waals surface area contributed by atoms with Crippen molar-refractivity contribution in [2.24, 2.45) is 0 Å². The van der Waals surface area contributed by atoms with E-state index in [1.807, 2.05) is 0 Å². The van der Waals surface area contributed by atoms with E-state index in [4.69, 9.17) is 4.74 Å². The summed E-state index contributed by atoms with van der Waals surface area (Å²) in [6, 6.07) is 7.16. The maximum Gasteiger partial charge on any atom is 0.0637 e. The first-order valence-electron chi connectivity index (χ1n) is 6.81. The van der Waals surface area contributed by atoms with Gasteiger partial charge in [0.1, 0.15) is 0 Å². The van der Waals surface area contributed by atoms with Crippen molar-refractivity contribution >= 4 is 5.69 Å². The number of ether oxygens (including phenoxy) is 1. The van der Waals surface area contributed by atoms with Crippen molar-refractivity contribution in [3.63, 3.8) is 0 Å². The minimum atomic E-state index is 0.501. The highest BCUT2D eigenvalue weighted by atomic mass is 16.5. The number of fused-ring (bicyclic) bond motifs is 1. The van der Waals surface area contributed by atoms with Crippen LogP contribution < -0.4 is 10.2 Å². The van der Waals surface area contributed by atoms with Crippen LogP contribution in [0, 0.1) is 0 Å².